The van der Waals surface area contributed by atoms with Crippen LogP contribution in [0.2, 0.25) is 0 Å². The molecule has 0 radical (unpaired) electrons. The van der Waals surface area contributed by atoms with Gasteiger partial charge in [-0.05, 0) is 26.0 Å². The van der Waals surface area contributed by atoms with Crippen molar-refractivity contribution in [1.29, 1.82) is 0 Å². The number of hydrogen-bond donors (Lipinski definition) is 2. The second-order valence-corrected chi connectivity index (χ2v) is 5.87. The first-order valence-electron chi connectivity index (χ1n) is 8.82. The Morgan fingerprint density at radius 2 is 2.04 bits per heavy atom. The van der Waals surface area contributed by atoms with Gasteiger partial charge in [-0.1, -0.05) is 19.0 Å². The van der Waals surface area contributed by atoms with Crippen LogP contribution in [-0.4, -0.2) is 35.9 Å². The second kappa shape index (κ2) is 9.65. The van der Waals surface area contributed by atoms with Crippen molar-refractivity contribution in [3.05, 3.63) is 29.9 Å². The van der Waals surface area contributed by atoms with Crippen LogP contribution in [0.25, 0.3) is 0 Å². The van der Waals surface area contributed by atoms with Crippen molar-refractivity contribution in [2.24, 2.45) is 10.7 Å². The Labute approximate surface area is 153 Å². The molecule has 0 atom stereocenters. The molecule has 2 aromatic rings. The fourth-order valence-corrected chi connectivity index (χ4v) is 2.20. The van der Waals surface area contributed by atoms with Crippen LogP contribution in [0.5, 0.6) is 11.5 Å². The standard InChI is InChI=1S/C18H27N5O3/c1-5-24-13-7-8-15(25-6-2)14(11-13)21-18(19)20-10-9-16-22-17(12(3)4)23-26-16/h7-8,11-12H,5-6,9-10H2,1-4H3,(H3,19,20,21). The first-order valence-corrected chi connectivity index (χ1v) is 8.82. The van der Waals surface area contributed by atoms with Crippen LogP contribution in [0.15, 0.2) is 27.7 Å². The van der Waals surface area contributed by atoms with Crippen LogP contribution < -0.4 is 20.5 Å². The molecule has 2 rings (SSSR count). The van der Waals surface area contributed by atoms with E-state index in [0.29, 0.717) is 49.3 Å². The summed E-state index contributed by atoms with van der Waals surface area (Å²) in [6.07, 6.45) is 0.527. The number of nitrogens with zero attached hydrogens (tertiary/aromatic N) is 3. The highest BCUT2D eigenvalue weighted by molar-refractivity contribution is 5.94. The summed E-state index contributed by atoms with van der Waals surface area (Å²) in [7, 11) is 0. The number of nitrogens with two attached hydrogens (primary N) is 1. The molecule has 0 saturated heterocycles. The van der Waals surface area contributed by atoms with E-state index < -0.39 is 0 Å². The van der Waals surface area contributed by atoms with E-state index in [0.717, 1.165) is 5.75 Å². The number of ether oxygens (including phenoxy) is 2. The van der Waals surface area contributed by atoms with Crippen LogP contribution in [0.3, 0.4) is 0 Å². The first kappa shape index (κ1) is 19.6. The molecule has 0 saturated carbocycles. The smallest absolute Gasteiger partial charge is 0.228 e. The lowest BCUT2D eigenvalue weighted by Gasteiger charge is -2.13. The van der Waals surface area contributed by atoms with Gasteiger partial charge in [0, 0.05) is 18.4 Å². The summed E-state index contributed by atoms with van der Waals surface area (Å²) in [4.78, 5) is 8.62. The van der Waals surface area contributed by atoms with Gasteiger partial charge in [0.25, 0.3) is 0 Å². The molecule has 0 aliphatic rings. The first-order chi connectivity index (χ1) is 12.5. The molecule has 0 fully saturated rings. The number of aliphatic imine (C=N–C) groups is 1. The molecule has 1 aromatic heterocycles. The van der Waals surface area contributed by atoms with Gasteiger partial charge in [0.05, 0.1) is 25.4 Å². The average Bonchev–Trinajstić information content (AvgIpc) is 3.07. The highest BCUT2D eigenvalue weighted by atomic mass is 16.5. The maximum atomic E-state index is 5.99. The summed E-state index contributed by atoms with van der Waals surface area (Å²) in [5, 5.41) is 6.99. The third-order valence-electron chi connectivity index (χ3n) is 3.43. The van der Waals surface area contributed by atoms with Gasteiger partial charge in [0.2, 0.25) is 5.89 Å². The molecule has 0 amide bonds. The van der Waals surface area contributed by atoms with Crippen LogP contribution in [0.4, 0.5) is 5.69 Å². The minimum absolute atomic E-state index is 0.234. The maximum Gasteiger partial charge on any atom is 0.228 e. The number of aromatic nitrogens is 2. The Morgan fingerprint density at radius 1 is 1.27 bits per heavy atom. The van der Waals surface area contributed by atoms with Crippen molar-refractivity contribution in [3.8, 4) is 11.5 Å². The zero-order valence-electron chi connectivity index (χ0n) is 15.8. The Bertz CT molecular complexity index is 727. The van der Waals surface area contributed by atoms with Crippen LogP contribution in [0.1, 0.15) is 45.3 Å². The van der Waals surface area contributed by atoms with E-state index >= 15 is 0 Å². The highest BCUT2D eigenvalue weighted by Crippen LogP contribution is 2.29. The van der Waals surface area contributed by atoms with Gasteiger partial charge in [0.1, 0.15) is 11.5 Å². The van der Waals surface area contributed by atoms with E-state index in [-0.39, 0.29) is 11.9 Å². The minimum atomic E-state index is 0.234. The Morgan fingerprint density at radius 3 is 2.69 bits per heavy atom. The van der Waals surface area contributed by atoms with Crippen LogP contribution >= 0.6 is 0 Å². The Balaban J connectivity index is 1.99. The summed E-state index contributed by atoms with van der Waals surface area (Å²) in [5.74, 6) is 3.19. The van der Waals surface area contributed by atoms with Gasteiger partial charge in [-0.3, -0.25) is 4.99 Å². The van der Waals surface area contributed by atoms with Crippen molar-refractivity contribution in [2.45, 2.75) is 40.0 Å². The van der Waals surface area contributed by atoms with Crippen molar-refractivity contribution in [3.63, 3.8) is 0 Å². The number of hydrogen-bond acceptors (Lipinski definition) is 6. The molecule has 26 heavy (non-hydrogen) atoms. The van der Waals surface area contributed by atoms with Gasteiger partial charge in [-0.25, -0.2) is 0 Å². The molecule has 1 heterocycles. The second-order valence-electron chi connectivity index (χ2n) is 5.87. The van der Waals surface area contributed by atoms with Gasteiger partial charge in [-0.15, -0.1) is 0 Å². The zero-order chi connectivity index (χ0) is 18.9. The maximum absolute atomic E-state index is 5.99. The summed E-state index contributed by atoms with van der Waals surface area (Å²) >= 11 is 0. The molecule has 0 unspecified atom stereocenters. The summed E-state index contributed by atoms with van der Waals surface area (Å²) in [6, 6.07) is 5.54. The molecule has 142 valence electrons. The van der Waals surface area contributed by atoms with Crippen LogP contribution in [-0.2, 0) is 6.42 Å². The van der Waals surface area contributed by atoms with Gasteiger partial charge < -0.3 is 25.0 Å². The fourth-order valence-electron chi connectivity index (χ4n) is 2.20. The molecular weight excluding hydrogens is 334 g/mol. The summed E-state index contributed by atoms with van der Waals surface area (Å²) in [5.41, 5.74) is 6.70. The Kier molecular flexibility index (Phi) is 7.25. The molecule has 0 aliphatic carbocycles. The van der Waals surface area contributed by atoms with Gasteiger partial charge >= 0.3 is 0 Å². The molecule has 8 heteroatoms. The third-order valence-corrected chi connectivity index (χ3v) is 3.43. The van der Waals surface area contributed by atoms with E-state index in [2.05, 4.69) is 20.4 Å². The van der Waals surface area contributed by atoms with Gasteiger partial charge in [0.15, 0.2) is 11.8 Å². The number of nitrogens with one attached hydrogen (secondary N) is 1. The number of benzene rings is 1. The predicted molar refractivity (Wildman–Crippen MR) is 101 cm³/mol. The molecule has 8 nitrogen and oxygen atoms in total. The van der Waals surface area contributed by atoms with E-state index in [1.54, 1.807) is 0 Å². The monoisotopic (exact) mass is 361 g/mol. The molecule has 3 N–H and O–H groups in total. The topological polar surface area (TPSA) is 108 Å². The molecule has 0 aliphatic heterocycles. The van der Waals surface area contributed by atoms with E-state index in [1.807, 2.05) is 45.9 Å². The summed E-state index contributed by atoms with van der Waals surface area (Å²) in [6.45, 7) is 9.46. The lowest BCUT2D eigenvalue weighted by Crippen LogP contribution is -2.23. The fraction of sp³-hybridized carbons (Fsp3) is 0.500. The van der Waals surface area contributed by atoms with Crippen molar-refractivity contribution in [1.82, 2.24) is 10.1 Å². The molecule has 0 spiro atoms. The minimum Gasteiger partial charge on any atom is -0.494 e. The molecular formula is C18H27N5O3. The van der Waals surface area contributed by atoms with E-state index in [4.69, 9.17) is 19.7 Å². The Hall–Kier alpha value is -2.77. The predicted octanol–water partition coefficient (Wildman–Crippen LogP) is 2.96. The van der Waals surface area contributed by atoms with Crippen molar-refractivity contribution >= 4 is 11.6 Å². The lowest BCUT2D eigenvalue weighted by atomic mass is 10.2. The van der Waals surface area contributed by atoms with Crippen LogP contribution in [0, 0.1) is 0 Å². The SMILES string of the molecule is CCOc1ccc(OCC)c(NC(N)=NCCc2nc(C(C)C)no2)c1. The number of guanidine groups is 1. The largest absolute Gasteiger partial charge is 0.494 e. The van der Waals surface area contributed by atoms with E-state index in [1.165, 1.54) is 0 Å². The average molecular weight is 361 g/mol. The number of anilines is 1. The van der Waals surface area contributed by atoms with Gasteiger partial charge in [-0.2, -0.15) is 4.98 Å². The van der Waals surface area contributed by atoms with Crippen molar-refractivity contribution in [2.75, 3.05) is 25.1 Å². The lowest BCUT2D eigenvalue weighted by molar-refractivity contribution is 0.332. The normalized spacial score (nSPS) is 11.7. The third kappa shape index (κ3) is 5.65. The highest BCUT2D eigenvalue weighted by Gasteiger charge is 2.10. The summed E-state index contributed by atoms with van der Waals surface area (Å²) < 4.78 is 16.3. The number of rotatable bonds is 9. The quantitative estimate of drug-likeness (QED) is 0.522. The van der Waals surface area contributed by atoms with Crippen molar-refractivity contribution < 1.29 is 14.0 Å². The van der Waals surface area contributed by atoms with E-state index in [9.17, 15) is 0 Å². The molecule has 1 aromatic carbocycles. The molecule has 0 bridgehead atoms. The zero-order valence-corrected chi connectivity index (χ0v) is 15.8.